The third-order valence-electron chi connectivity index (χ3n) is 2.49. The quantitative estimate of drug-likeness (QED) is 0.772. The van der Waals surface area contributed by atoms with E-state index >= 15 is 0 Å². The minimum Gasteiger partial charge on any atom is -0.388 e. The largest absolute Gasteiger partial charge is 0.388 e. The fraction of sp³-hybridized carbons (Fsp3) is 0.385. The van der Waals surface area contributed by atoms with E-state index in [-0.39, 0.29) is 5.41 Å². The Kier molecular flexibility index (Phi) is 3.48. The average Bonchev–Trinajstić information content (AvgIpc) is 2.17. The molecule has 1 unspecified atom stereocenters. The lowest BCUT2D eigenvalue weighted by molar-refractivity contribution is 0.0909. The summed E-state index contributed by atoms with van der Waals surface area (Å²) in [6, 6.07) is 10.1. The van der Waals surface area contributed by atoms with E-state index in [2.05, 4.69) is 12.1 Å². The number of hydrogen-bond donors (Lipinski definition) is 1. The van der Waals surface area contributed by atoms with Crippen molar-refractivity contribution in [3.63, 3.8) is 0 Å². The Morgan fingerprint density at radius 1 is 1.36 bits per heavy atom. The van der Waals surface area contributed by atoms with Crippen molar-refractivity contribution in [1.29, 1.82) is 0 Å². The number of rotatable bonds is 4. The van der Waals surface area contributed by atoms with Crippen molar-refractivity contribution >= 4 is 0 Å². The van der Waals surface area contributed by atoms with Gasteiger partial charge in [0, 0.05) is 0 Å². The van der Waals surface area contributed by atoms with Crippen LogP contribution in [0.4, 0.5) is 0 Å². The molecule has 14 heavy (non-hydrogen) atoms. The monoisotopic (exact) mass is 189 g/mol. The van der Waals surface area contributed by atoms with Crippen molar-refractivity contribution in [3.05, 3.63) is 48.6 Å². The topological polar surface area (TPSA) is 20.2 Å². The van der Waals surface area contributed by atoms with Crippen molar-refractivity contribution in [2.24, 2.45) is 5.41 Å². The summed E-state index contributed by atoms with van der Waals surface area (Å²) in [5.74, 6) is 0. The molecule has 0 bridgehead atoms. The second-order valence-electron chi connectivity index (χ2n) is 4.29. The summed E-state index contributed by atoms with van der Waals surface area (Å²) in [7, 11) is 0. The lowest BCUT2D eigenvalue weighted by Crippen LogP contribution is -2.29. The molecule has 0 aliphatic heterocycles. The van der Waals surface area contributed by atoms with Gasteiger partial charge in [0.1, 0.15) is 0 Å². The maximum absolute atomic E-state index is 9.67. The summed E-state index contributed by atoms with van der Waals surface area (Å²) in [5.41, 5.74) is 1.01. The second-order valence-corrected chi connectivity index (χ2v) is 4.29. The first-order valence-electron chi connectivity index (χ1n) is 4.83. The number of aliphatic hydroxyl groups is 1. The van der Waals surface area contributed by atoms with Crippen molar-refractivity contribution < 1.29 is 5.11 Å². The van der Waals surface area contributed by atoms with Gasteiger partial charge in [-0.2, -0.15) is 0 Å². The molecule has 1 aromatic carbocycles. The Labute approximate surface area is 86.1 Å². The van der Waals surface area contributed by atoms with Crippen LogP contribution in [0.5, 0.6) is 0 Å². The van der Waals surface area contributed by atoms with Crippen LogP contribution < -0.4 is 0 Å². The van der Waals surface area contributed by atoms with Gasteiger partial charge in [0.05, 0.1) is 6.10 Å². The molecule has 0 saturated carbocycles. The average molecular weight is 189 g/mol. The lowest BCUT2D eigenvalue weighted by Gasteiger charge is -2.28. The summed E-state index contributed by atoms with van der Waals surface area (Å²) < 4.78 is 0. The maximum atomic E-state index is 9.67. The smallest absolute Gasteiger partial charge is 0.0778 e. The molecule has 1 heteroatoms. The van der Waals surface area contributed by atoms with E-state index in [1.165, 1.54) is 11.6 Å². The number of benzene rings is 1. The molecule has 0 saturated heterocycles. The van der Waals surface area contributed by atoms with E-state index in [1.807, 2.05) is 32.0 Å². The molecule has 0 aliphatic rings. The number of aliphatic hydroxyl groups excluding tert-OH is 1. The van der Waals surface area contributed by atoms with Crippen LogP contribution in [-0.2, 0) is 6.42 Å². The molecular formula is C13H17O. The number of hydrogen-bond acceptors (Lipinski definition) is 1. The molecule has 0 fully saturated rings. The predicted octanol–water partition coefficient (Wildman–Crippen LogP) is 2.61. The van der Waals surface area contributed by atoms with E-state index in [1.54, 1.807) is 0 Å². The zero-order valence-corrected chi connectivity index (χ0v) is 8.77. The standard InChI is InChI=1S/C13H17O/c1-4-12(14)13(2,3)10-11-8-6-5-7-9-11/h1,4-9,12,14H,10H2,2-3H3. The van der Waals surface area contributed by atoms with Gasteiger partial charge in [-0.25, -0.2) is 0 Å². The van der Waals surface area contributed by atoms with E-state index < -0.39 is 6.10 Å². The first-order chi connectivity index (χ1) is 6.56. The normalized spacial score (nSPS) is 13.6. The van der Waals surface area contributed by atoms with Gasteiger partial charge in [-0.1, -0.05) is 56.8 Å². The SMILES string of the molecule is [CH]=CC(O)C(C)(C)Cc1ccccc1. The minimum atomic E-state index is -0.567. The molecule has 75 valence electrons. The Bertz CT molecular complexity index is 287. The Balaban J connectivity index is 2.73. The zero-order chi connectivity index (χ0) is 10.6. The van der Waals surface area contributed by atoms with Crippen LogP contribution in [0.2, 0.25) is 0 Å². The predicted molar refractivity (Wildman–Crippen MR) is 58.8 cm³/mol. The van der Waals surface area contributed by atoms with Crippen LogP contribution in [0, 0.1) is 12.0 Å². The molecule has 0 aliphatic carbocycles. The third kappa shape index (κ3) is 2.71. The minimum absolute atomic E-state index is 0.212. The molecular weight excluding hydrogens is 172 g/mol. The molecule has 0 spiro atoms. The van der Waals surface area contributed by atoms with Crippen molar-refractivity contribution in [3.8, 4) is 0 Å². The van der Waals surface area contributed by atoms with Crippen LogP contribution in [0.1, 0.15) is 19.4 Å². The lowest BCUT2D eigenvalue weighted by atomic mass is 9.80. The van der Waals surface area contributed by atoms with E-state index in [9.17, 15) is 5.11 Å². The van der Waals surface area contributed by atoms with E-state index in [4.69, 9.17) is 6.58 Å². The third-order valence-corrected chi connectivity index (χ3v) is 2.49. The van der Waals surface area contributed by atoms with Gasteiger partial charge in [-0.15, -0.1) is 0 Å². The molecule has 0 heterocycles. The fourth-order valence-corrected chi connectivity index (χ4v) is 1.49. The first kappa shape index (κ1) is 11.0. The van der Waals surface area contributed by atoms with Crippen molar-refractivity contribution in [1.82, 2.24) is 0 Å². The van der Waals surface area contributed by atoms with Gasteiger partial charge in [0.2, 0.25) is 0 Å². The molecule has 1 nitrogen and oxygen atoms in total. The molecule has 1 rings (SSSR count). The van der Waals surface area contributed by atoms with Crippen molar-refractivity contribution in [2.45, 2.75) is 26.4 Å². The van der Waals surface area contributed by atoms with E-state index in [0.29, 0.717) is 0 Å². The Hall–Kier alpha value is -1.08. The maximum Gasteiger partial charge on any atom is 0.0778 e. The molecule has 1 radical (unpaired) electrons. The van der Waals surface area contributed by atoms with Gasteiger partial charge in [-0.05, 0) is 17.4 Å². The zero-order valence-electron chi connectivity index (χ0n) is 8.77. The van der Waals surface area contributed by atoms with Crippen LogP contribution in [0.25, 0.3) is 0 Å². The summed E-state index contributed by atoms with van der Waals surface area (Å²) in [6.45, 7) is 9.35. The highest BCUT2D eigenvalue weighted by Gasteiger charge is 2.25. The van der Waals surface area contributed by atoms with Gasteiger partial charge in [0.15, 0.2) is 0 Å². The van der Waals surface area contributed by atoms with Gasteiger partial charge in [0.25, 0.3) is 0 Å². The Morgan fingerprint density at radius 3 is 2.43 bits per heavy atom. The van der Waals surface area contributed by atoms with Crippen LogP contribution >= 0.6 is 0 Å². The molecule has 1 atom stereocenters. The van der Waals surface area contributed by atoms with Gasteiger partial charge < -0.3 is 5.11 Å². The molecule has 1 aromatic rings. The van der Waals surface area contributed by atoms with E-state index in [0.717, 1.165) is 6.42 Å². The highest BCUT2D eigenvalue weighted by molar-refractivity contribution is 5.17. The highest BCUT2D eigenvalue weighted by atomic mass is 16.3. The summed E-state index contributed by atoms with van der Waals surface area (Å²) in [4.78, 5) is 0. The first-order valence-corrected chi connectivity index (χ1v) is 4.83. The van der Waals surface area contributed by atoms with Gasteiger partial charge >= 0.3 is 0 Å². The van der Waals surface area contributed by atoms with Crippen LogP contribution in [0.3, 0.4) is 0 Å². The van der Waals surface area contributed by atoms with Crippen LogP contribution in [0.15, 0.2) is 36.4 Å². The van der Waals surface area contributed by atoms with Crippen LogP contribution in [-0.4, -0.2) is 11.2 Å². The second kappa shape index (κ2) is 4.43. The van der Waals surface area contributed by atoms with Crippen molar-refractivity contribution in [2.75, 3.05) is 0 Å². The molecule has 0 amide bonds. The summed E-state index contributed by atoms with van der Waals surface area (Å²) in [5, 5.41) is 9.67. The molecule has 0 aromatic heterocycles. The molecule has 1 N–H and O–H groups in total. The summed E-state index contributed by atoms with van der Waals surface area (Å²) >= 11 is 0. The fourth-order valence-electron chi connectivity index (χ4n) is 1.49. The van der Waals surface area contributed by atoms with Gasteiger partial charge in [-0.3, -0.25) is 0 Å². The highest BCUT2D eigenvalue weighted by Crippen LogP contribution is 2.26. The summed E-state index contributed by atoms with van der Waals surface area (Å²) in [6.07, 6.45) is 1.61. The Morgan fingerprint density at radius 2 is 1.93 bits per heavy atom.